The molecule has 1 unspecified atom stereocenters. The quantitative estimate of drug-likeness (QED) is 0.868. The van der Waals surface area contributed by atoms with Gasteiger partial charge in [0.15, 0.2) is 0 Å². The number of ether oxygens (including phenoxy) is 1. The number of aliphatic hydroxyl groups is 1. The maximum atomic E-state index is 10.0. The average Bonchev–Trinajstić information content (AvgIpc) is 2.35. The van der Waals surface area contributed by atoms with Crippen molar-refractivity contribution in [3.63, 3.8) is 0 Å². The molecule has 1 atom stereocenters. The molecular formula is C16H28N2O2. The summed E-state index contributed by atoms with van der Waals surface area (Å²) in [5.41, 5.74) is 2.04. The third-order valence-electron chi connectivity index (χ3n) is 3.00. The van der Waals surface area contributed by atoms with Crippen molar-refractivity contribution in [3.05, 3.63) is 24.3 Å². The van der Waals surface area contributed by atoms with Crippen molar-refractivity contribution in [1.82, 2.24) is 0 Å². The summed E-state index contributed by atoms with van der Waals surface area (Å²) in [6, 6.07) is 8.27. The first-order valence-corrected chi connectivity index (χ1v) is 6.99. The first-order valence-electron chi connectivity index (χ1n) is 6.99. The van der Waals surface area contributed by atoms with E-state index in [4.69, 9.17) is 4.74 Å². The summed E-state index contributed by atoms with van der Waals surface area (Å²) >= 11 is 0. The zero-order valence-corrected chi connectivity index (χ0v) is 13.6. The summed E-state index contributed by atoms with van der Waals surface area (Å²) in [7, 11) is 6.02. The number of anilines is 2. The van der Waals surface area contributed by atoms with Crippen LogP contribution >= 0.6 is 0 Å². The van der Waals surface area contributed by atoms with Crippen LogP contribution in [-0.4, -0.2) is 51.1 Å². The van der Waals surface area contributed by atoms with Crippen LogP contribution in [0.5, 0.6) is 0 Å². The molecule has 0 heterocycles. The Bertz CT molecular complexity index is 396. The molecule has 1 N–H and O–H groups in total. The van der Waals surface area contributed by atoms with Gasteiger partial charge in [-0.05, 0) is 45.0 Å². The molecule has 0 spiro atoms. The second kappa shape index (κ2) is 6.95. The van der Waals surface area contributed by atoms with E-state index in [1.54, 1.807) is 0 Å². The predicted molar refractivity (Wildman–Crippen MR) is 85.8 cm³/mol. The van der Waals surface area contributed by atoms with E-state index in [9.17, 15) is 5.11 Å². The number of benzene rings is 1. The van der Waals surface area contributed by atoms with Crippen LogP contribution in [0.3, 0.4) is 0 Å². The van der Waals surface area contributed by atoms with Gasteiger partial charge in [0.05, 0.1) is 18.3 Å². The summed E-state index contributed by atoms with van der Waals surface area (Å²) in [6.45, 7) is 6.87. The molecule has 4 nitrogen and oxygen atoms in total. The maximum absolute atomic E-state index is 10.0. The zero-order valence-electron chi connectivity index (χ0n) is 13.6. The summed E-state index contributed by atoms with van der Waals surface area (Å²) < 4.78 is 5.60. The molecule has 1 aromatic carbocycles. The molecule has 20 heavy (non-hydrogen) atoms. The van der Waals surface area contributed by atoms with Gasteiger partial charge in [-0.15, -0.1) is 0 Å². The lowest BCUT2D eigenvalue weighted by molar-refractivity contribution is -0.0461. The fourth-order valence-corrected chi connectivity index (χ4v) is 1.83. The highest BCUT2D eigenvalue weighted by Crippen LogP contribution is 2.18. The third kappa shape index (κ3) is 5.80. The van der Waals surface area contributed by atoms with Crippen molar-refractivity contribution in [2.45, 2.75) is 32.5 Å². The first kappa shape index (κ1) is 16.8. The van der Waals surface area contributed by atoms with Crippen molar-refractivity contribution >= 4 is 11.4 Å². The second-order valence-electron chi connectivity index (χ2n) is 6.37. The smallest absolute Gasteiger partial charge is 0.0948 e. The predicted octanol–water partition coefficient (Wildman–Crippen LogP) is 2.36. The van der Waals surface area contributed by atoms with E-state index in [2.05, 4.69) is 29.2 Å². The van der Waals surface area contributed by atoms with Crippen molar-refractivity contribution in [1.29, 1.82) is 0 Å². The van der Waals surface area contributed by atoms with Crippen LogP contribution in [0.2, 0.25) is 0 Å². The molecule has 4 heteroatoms. The van der Waals surface area contributed by atoms with E-state index < -0.39 is 6.10 Å². The highest BCUT2D eigenvalue weighted by molar-refractivity contribution is 5.55. The van der Waals surface area contributed by atoms with Crippen molar-refractivity contribution in [2.75, 3.05) is 44.1 Å². The Morgan fingerprint density at radius 2 is 1.55 bits per heavy atom. The molecule has 0 aliphatic heterocycles. The summed E-state index contributed by atoms with van der Waals surface area (Å²) in [5.74, 6) is 0. The lowest BCUT2D eigenvalue weighted by atomic mass is 10.2. The van der Waals surface area contributed by atoms with Crippen molar-refractivity contribution in [3.8, 4) is 0 Å². The highest BCUT2D eigenvalue weighted by atomic mass is 16.5. The number of likely N-dealkylation sites (N-methyl/N-ethyl adjacent to an activating group) is 1. The van der Waals surface area contributed by atoms with E-state index in [-0.39, 0.29) is 5.60 Å². The lowest BCUT2D eigenvalue weighted by Gasteiger charge is -2.26. The largest absolute Gasteiger partial charge is 0.389 e. The fraction of sp³-hybridized carbons (Fsp3) is 0.625. The summed E-state index contributed by atoms with van der Waals surface area (Å²) in [4.78, 5) is 4.10. The molecule has 0 fully saturated rings. The first-order chi connectivity index (χ1) is 9.19. The van der Waals surface area contributed by atoms with Gasteiger partial charge in [0.2, 0.25) is 0 Å². The maximum Gasteiger partial charge on any atom is 0.0948 e. The minimum Gasteiger partial charge on any atom is -0.389 e. The van der Waals surface area contributed by atoms with Crippen LogP contribution in [0.25, 0.3) is 0 Å². The Labute approximate surface area is 123 Å². The van der Waals surface area contributed by atoms with Gasteiger partial charge < -0.3 is 19.6 Å². The van der Waals surface area contributed by atoms with Gasteiger partial charge in [0, 0.05) is 39.1 Å². The topological polar surface area (TPSA) is 35.9 Å². The number of nitrogens with zero attached hydrogens (tertiary/aromatic N) is 2. The van der Waals surface area contributed by atoms with Crippen LogP contribution in [0.1, 0.15) is 20.8 Å². The van der Waals surface area contributed by atoms with Crippen LogP contribution < -0.4 is 9.80 Å². The van der Waals surface area contributed by atoms with Crippen molar-refractivity contribution in [2.24, 2.45) is 0 Å². The summed E-state index contributed by atoms with van der Waals surface area (Å²) in [6.07, 6.45) is -0.493. The van der Waals surface area contributed by atoms with Gasteiger partial charge in [0.25, 0.3) is 0 Å². The van der Waals surface area contributed by atoms with E-state index in [0.29, 0.717) is 13.2 Å². The molecule has 0 saturated heterocycles. The van der Waals surface area contributed by atoms with Gasteiger partial charge in [-0.3, -0.25) is 0 Å². The van der Waals surface area contributed by atoms with E-state index in [0.717, 1.165) is 5.69 Å². The Balaban J connectivity index is 2.51. The van der Waals surface area contributed by atoms with Crippen LogP contribution in [0.4, 0.5) is 11.4 Å². The molecule has 0 radical (unpaired) electrons. The number of aliphatic hydroxyl groups excluding tert-OH is 1. The second-order valence-corrected chi connectivity index (χ2v) is 6.37. The molecule has 0 bridgehead atoms. The number of hydrogen-bond acceptors (Lipinski definition) is 4. The molecule has 1 aromatic rings. The van der Waals surface area contributed by atoms with Gasteiger partial charge >= 0.3 is 0 Å². The molecule has 0 amide bonds. The number of hydrogen-bond donors (Lipinski definition) is 1. The molecule has 0 aliphatic carbocycles. The van der Waals surface area contributed by atoms with Gasteiger partial charge in [-0.25, -0.2) is 0 Å². The highest BCUT2D eigenvalue weighted by Gasteiger charge is 2.15. The standard InChI is InChI=1S/C16H28N2O2/c1-16(2,3)20-12-15(19)11-18(6)14-9-7-13(8-10-14)17(4)5/h7-10,15,19H,11-12H2,1-6H3. The SMILES string of the molecule is CN(C)c1ccc(N(C)CC(O)COC(C)(C)C)cc1. The monoisotopic (exact) mass is 280 g/mol. The van der Waals surface area contributed by atoms with Crippen LogP contribution in [0, 0.1) is 0 Å². The minimum absolute atomic E-state index is 0.215. The van der Waals surface area contributed by atoms with Crippen molar-refractivity contribution < 1.29 is 9.84 Å². The summed E-state index contributed by atoms with van der Waals surface area (Å²) in [5, 5.41) is 10.0. The van der Waals surface area contributed by atoms with E-state index in [1.165, 1.54) is 5.69 Å². The average molecular weight is 280 g/mol. The van der Waals surface area contributed by atoms with E-state index in [1.807, 2.05) is 46.8 Å². The molecule has 114 valence electrons. The Morgan fingerprint density at radius 1 is 1.05 bits per heavy atom. The zero-order chi connectivity index (χ0) is 15.3. The van der Waals surface area contributed by atoms with Gasteiger partial charge in [-0.1, -0.05) is 0 Å². The van der Waals surface area contributed by atoms with Crippen LogP contribution in [-0.2, 0) is 4.74 Å². The third-order valence-corrected chi connectivity index (χ3v) is 3.00. The molecule has 0 saturated carbocycles. The minimum atomic E-state index is -0.493. The normalized spacial score (nSPS) is 13.2. The fourth-order valence-electron chi connectivity index (χ4n) is 1.83. The van der Waals surface area contributed by atoms with Gasteiger partial charge in [0.1, 0.15) is 0 Å². The Kier molecular flexibility index (Phi) is 5.84. The van der Waals surface area contributed by atoms with E-state index >= 15 is 0 Å². The molecular weight excluding hydrogens is 252 g/mol. The Morgan fingerprint density at radius 3 is 2.00 bits per heavy atom. The Hall–Kier alpha value is -1.26. The number of rotatable bonds is 6. The molecule has 1 rings (SSSR count). The molecule has 0 aromatic heterocycles. The van der Waals surface area contributed by atoms with Gasteiger partial charge in [-0.2, -0.15) is 0 Å². The molecule has 0 aliphatic rings. The van der Waals surface area contributed by atoms with Crippen LogP contribution in [0.15, 0.2) is 24.3 Å². The lowest BCUT2D eigenvalue weighted by Crippen LogP contribution is -2.35.